The highest BCUT2D eigenvalue weighted by Gasteiger charge is 2.18. The molecule has 3 N–H and O–H groups in total. The minimum absolute atomic E-state index is 0.0000279. The van der Waals surface area contributed by atoms with E-state index < -0.39 is 12.1 Å². The van der Waals surface area contributed by atoms with E-state index in [1.165, 1.54) is 283 Å². The number of hydrogen-bond donors (Lipinski definition) is 3. The van der Waals surface area contributed by atoms with Crippen molar-refractivity contribution in [2.75, 3.05) is 13.2 Å². The van der Waals surface area contributed by atoms with Gasteiger partial charge in [0.05, 0.1) is 25.4 Å². The van der Waals surface area contributed by atoms with Crippen molar-refractivity contribution in [3.63, 3.8) is 0 Å². The number of ether oxygens (including phenoxy) is 1. The lowest BCUT2D eigenvalue weighted by Crippen LogP contribution is -2.45. The molecule has 0 spiro atoms. The number of aliphatic hydroxyl groups excluding tert-OH is 2. The summed E-state index contributed by atoms with van der Waals surface area (Å²) in [5.41, 5.74) is 0. The van der Waals surface area contributed by atoms with Crippen LogP contribution < -0.4 is 5.32 Å². The molecule has 0 radical (unpaired) electrons. The molecule has 0 aromatic heterocycles. The largest absolute Gasteiger partial charge is 0.466 e. The molecule has 0 saturated heterocycles. The van der Waals surface area contributed by atoms with Crippen LogP contribution in [-0.2, 0) is 14.3 Å². The SMILES string of the molecule is CCCCCCC/C=C\CCCCCCCC(=O)OCCCCCCCCCCC/C=C\C/C=C\CCCCCCCCCCCC(=O)NC(CO)C(O)/C=C/CCCCCCCCCCCCCCCCCCCC. The van der Waals surface area contributed by atoms with Gasteiger partial charge >= 0.3 is 5.97 Å². The van der Waals surface area contributed by atoms with Crippen LogP contribution in [0.4, 0.5) is 0 Å². The van der Waals surface area contributed by atoms with E-state index in [-0.39, 0.29) is 18.5 Å². The van der Waals surface area contributed by atoms with E-state index in [1.807, 2.05) is 6.08 Å². The zero-order chi connectivity index (χ0) is 55.0. The fourth-order valence-corrected chi connectivity index (χ4v) is 10.4. The third-order valence-corrected chi connectivity index (χ3v) is 15.6. The molecule has 0 fully saturated rings. The molecule has 1 amide bonds. The molecule has 6 heteroatoms. The Hall–Kier alpha value is -2.18. The molecule has 0 heterocycles. The van der Waals surface area contributed by atoms with Gasteiger partial charge in [-0.25, -0.2) is 0 Å². The topological polar surface area (TPSA) is 95.9 Å². The first kappa shape index (κ1) is 73.8. The minimum Gasteiger partial charge on any atom is -0.466 e. The zero-order valence-corrected chi connectivity index (χ0v) is 51.0. The minimum atomic E-state index is -0.850. The van der Waals surface area contributed by atoms with Gasteiger partial charge in [-0.05, 0) is 89.9 Å². The van der Waals surface area contributed by atoms with Crippen molar-refractivity contribution in [2.24, 2.45) is 0 Å². The third kappa shape index (κ3) is 61.0. The molecule has 6 nitrogen and oxygen atoms in total. The van der Waals surface area contributed by atoms with Crippen LogP contribution in [0.1, 0.15) is 361 Å². The van der Waals surface area contributed by atoms with Crippen molar-refractivity contribution < 1.29 is 24.5 Å². The van der Waals surface area contributed by atoms with Gasteiger partial charge in [-0.1, -0.05) is 306 Å². The van der Waals surface area contributed by atoms with Gasteiger partial charge in [0.25, 0.3) is 0 Å². The number of nitrogens with one attached hydrogen (secondary N) is 1. The fraction of sp³-hybridized carbons (Fsp3) is 0.857. The molecule has 0 aliphatic rings. The first-order valence-corrected chi connectivity index (χ1v) is 33.9. The van der Waals surface area contributed by atoms with Crippen molar-refractivity contribution in [1.82, 2.24) is 5.32 Å². The van der Waals surface area contributed by atoms with Crippen LogP contribution >= 0.6 is 0 Å². The normalized spacial score (nSPS) is 12.8. The molecule has 0 aliphatic carbocycles. The summed E-state index contributed by atoms with van der Waals surface area (Å²) in [5, 5.41) is 23.2. The Kier molecular flexibility index (Phi) is 63.5. The molecule has 0 bridgehead atoms. The van der Waals surface area contributed by atoms with E-state index in [4.69, 9.17) is 4.74 Å². The molecule has 446 valence electrons. The molecular weight excluding hydrogens is 935 g/mol. The number of carbonyl (C=O) groups is 2. The van der Waals surface area contributed by atoms with Crippen LogP contribution in [0, 0.1) is 0 Å². The van der Waals surface area contributed by atoms with Crippen molar-refractivity contribution in [1.29, 1.82) is 0 Å². The van der Waals surface area contributed by atoms with Crippen molar-refractivity contribution in [3.8, 4) is 0 Å². The van der Waals surface area contributed by atoms with Gasteiger partial charge in [-0.2, -0.15) is 0 Å². The second kappa shape index (κ2) is 65.3. The Morgan fingerprint density at radius 1 is 0.368 bits per heavy atom. The Morgan fingerprint density at radius 2 is 0.658 bits per heavy atom. The number of esters is 1. The summed E-state index contributed by atoms with van der Waals surface area (Å²) in [6.07, 6.45) is 84.6. The summed E-state index contributed by atoms with van der Waals surface area (Å²) in [4.78, 5) is 24.6. The Labute approximate surface area is 474 Å². The molecular formula is C70H131NO5. The highest BCUT2D eigenvalue weighted by molar-refractivity contribution is 5.76. The smallest absolute Gasteiger partial charge is 0.305 e. The molecule has 0 aromatic rings. The lowest BCUT2D eigenvalue weighted by atomic mass is 10.0. The molecule has 0 aromatic carbocycles. The van der Waals surface area contributed by atoms with E-state index in [0.717, 1.165) is 51.4 Å². The van der Waals surface area contributed by atoms with Crippen LogP contribution in [0.25, 0.3) is 0 Å². The van der Waals surface area contributed by atoms with Gasteiger partial charge < -0.3 is 20.3 Å². The predicted molar refractivity (Wildman–Crippen MR) is 333 cm³/mol. The lowest BCUT2D eigenvalue weighted by molar-refractivity contribution is -0.143. The molecule has 2 atom stereocenters. The van der Waals surface area contributed by atoms with Crippen molar-refractivity contribution in [2.45, 2.75) is 373 Å². The quantitative estimate of drug-likeness (QED) is 0.0320. The highest BCUT2D eigenvalue weighted by Crippen LogP contribution is 2.17. The van der Waals surface area contributed by atoms with Gasteiger partial charge in [0, 0.05) is 12.8 Å². The van der Waals surface area contributed by atoms with E-state index in [2.05, 4.69) is 55.6 Å². The van der Waals surface area contributed by atoms with E-state index in [1.54, 1.807) is 6.08 Å². The number of aliphatic hydroxyl groups is 2. The van der Waals surface area contributed by atoms with Gasteiger partial charge in [0.2, 0.25) is 5.91 Å². The number of carbonyl (C=O) groups excluding carboxylic acids is 2. The summed E-state index contributed by atoms with van der Waals surface area (Å²) >= 11 is 0. The first-order chi connectivity index (χ1) is 37.5. The molecule has 0 saturated carbocycles. The maximum absolute atomic E-state index is 12.5. The molecule has 0 rings (SSSR count). The Bertz CT molecular complexity index is 1270. The number of rotatable bonds is 63. The predicted octanol–water partition coefficient (Wildman–Crippen LogP) is 21.7. The average Bonchev–Trinajstić information content (AvgIpc) is 3.42. The highest BCUT2D eigenvalue weighted by atomic mass is 16.5. The molecule has 0 aliphatic heterocycles. The van der Waals surface area contributed by atoms with Gasteiger partial charge in [0.15, 0.2) is 0 Å². The second-order valence-corrected chi connectivity index (χ2v) is 23.1. The van der Waals surface area contributed by atoms with Crippen LogP contribution in [0.2, 0.25) is 0 Å². The second-order valence-electron chi connectivity index (χ2n) is 23.1. The van der Waals surface area contributed by atoms with Gasteiger partial charge in [-0.3, -0.25) is 9.59 Å². The summed E-state index contributed by atoms with van der Waals surface area (Å²) in [6, 6.07) is -0.634. The van der Waals surface area contributed by atoms with Gasteiger partial charge in [-0.15, -0.1) is 0 Å². The maximum atomic E-state index is 12.5. The lowest BCUT2D eigenvalue weighted by Gasteiger charge is -2.20. The number of unbranched alkanes of at least 4 members (excludes halogenated alkanes) is 46. The Morgan fingerprint density at radius 3 is 1.01 bits per heavy atom. The summed E-state index contributed by atoms with van der Waals surface area (Å²) < 4.78 is 5.48. The summed E-state index contributed by atoms with van der Waals surface area (Å²) in [6.45, 7) is 4.91. The molecule has 2 unspecified atom stereocenters. The fourth-order valence-electron chi connectivity index (χ4n) is 10.4. The van der Waals surface area contributed by atoms with Crippen molar-refractivity contribution >= 4 is 11.9 Å². The van der Waals surface area contributed by atoms with E-state index in [0.29, 0.717) is 19.4 Å². The van der Waals surface area contributed by atoms with E-state index >= 15 is 0 Å². The monoisotopic (exact) mass is 1070 g/mol. The third-order valence-electron chi connectivity index (χ3n) is 15.6. The van der Waals surface area contributed by atoms with Crippen LogP contribution in [0.15, 0.2) is 48.6 Å². The summed E-state index contributed by atoms with van der Waals surface area (Å²) in [5.74, 6) is -0.0717. The number of allylic oxidation sites excluding steroid dienone is 7. The number of hydrogen-bond acceptors (Lipinski definition) is 5. The van der Waals surface area contributed by atoms with Crippen LogP contribution in [-0.4, -0.2) is 47.4 Å². The standard InChI is InChI=1S/C70H131NO5/c1-3-5-7-9-11-13-15-17-19-20-21-29-32-35-38-42-46-50-54-58-62-68(73)67(66-72)71-69(74)63-59-55-51-47-43-39-36-33-30-27-25-23-22-24-26-28-31-34-37-41-45-49-53-57-61-65-76-70(75)64-60-56-52-48-44-40-18-16-14-12-10-8-6-4-2/h16,18,23-26,58,62,67-68,72-73H,3-15,17,19-22,27-57,59-61,63-66H2,1-2H3,(H,71,74)/b18-16-,25-23-,26-24-,62-58+. The van der Waals surface area contributed by atoms with Crippen LogP contribution in [0.5, 0.6) is 0 Å². The van der Waals surface area contributed by atoms with E-state index in [9.17, 15) is 19.8 Å². The Balaban J connectivity index is 3.47. The summed E-state index contributed by atoms with van der Waals surface area (Å²) in [7, 11) is 0. The zero-order valence-electron chi connectivity index (χ0n) is 51.0. The maximum Gasteiger partial charge on any atom is 0.305 e. The van der Waals surface area contributed by atoms with Crippen molar-refractivity contribution in [3.05, 3.63) is 48.6 Å². The number of amides is 1. The average molecular weight is 1070 g/mol. The van der Waals surface area contributed by atoms with Gasteiger partial charge in [0.1, 0.15) is 0 Å². The van der Waals surface area contributed by atoms with Crippen LogP contribution in [0.3, 0.4) is 0 Å². The molecule has 76 heavy (non-hydrogen) atoms. The first-order valence-electron chi connectivity index (χ1n) is 33.9.